The monoisotopic (exact) mass is 250 g/mol. The van der Waals surface area contributed by atoms with Crippen molar-refractivity contribution >= 4 is 5.91 Å². The van der Waals surface area contributed by atoms with Crippen molar-refractivity contribution in [3.05, 3.63) is 17.0 Å². The Hall–Kier alpha value is -1.32. The van der Waals surface area contributed by atoms with E-state index >= 15 is 0 Å². The lowest BCUT2D eigenvalue weighted by Crippen LogP contribution is -2.43. The Balaban J connectivity index is 2.04. The fourth-order valence-electron chi connectivity index (χ4n) is 2.88. The SMILES string of the molecule is Cc1noc(C)c1CC(=O)N1CC(C)CC(C)C1. The largest absolute Gasteiger partial charge is 0.361 e. The maximum Gasteiger partial charge on any atom is 0.227 e. The number of piperidine rings is 1. The molecule has 0 N–H and O–H groups in total. The molecule has 4 heteroatoms. The molecule has 1 saturated heterocycles. The lowest BCUT2D eigenvalue weighted by Gasteiger charge is -2.35. The van der Waals surface area contributed by atoms with Crippen LogP contribution in [0.4, 0.5) is 0 Å². The van der Waals surface area contributed by atoms with Crippen molar-refractivity contribution in [2.75, 3.05) is 13.1 Å². The molecule has 2 atom stereocenters. The first-order valence-electron chi connectivity index (χ1n) is 6.67. The molecular weight excluding hydrogens is 228 g/mol. The van der Waals surface area contributed by atoms with Gasteiger partial charge in [-0.2, -0.15) is 0 Å². The van der Waals surface area contributed by atoms with Crippen LogP contribution in [0.5, 0.6) is 0 Å². The zero-order chi connectivity index (χ0) is 13.3. The Labute approximate surface area is 108 Å². The van der Waals surface area contributed by atoms with Crippen molar-refractivity contribution in [2.45, 2.75) is 40.5 Å². The van der Waals surface area contributed by atoms with E-state index < -0.39 is 0 Å². The zero-order valence-corrected chi connectivity index (χ0v) is 11.7. The summed E-state index contributed by atoms with van der Waals surface area (Å²) >= 11 is 0. The van der Waals surface area contributed by atoms with Gasteiger partial charge in [-0.15, -0.1) is 0 Å². The summed E-state index contributed by atoms with van der Waals surface area (Å²) in [6, 6.07) is 0. The first-order chi connectivity index (χ1) is 8.47. The lowest BCUT2D eigenvalue weighted by atomic mass is 9.91. The van der Waals surface area contributed by atoms with E-state index in [1.165, 1.54) is 6.42 Å². The number of likely N-dealkylation sites (tertiary alicyclic amines) is 1. The molecule has 1 aromatic heterocycles. The zero-order valence-electron chi connectivity index (χ0n) is 11.7. The van der Waals surface area contributed by atoms with Gasteiger partial charge in [0.1, 0.15) is 5.76 Å². The summed E-state index contributed by atoms with van der Waals surface area (Å²) in [6.07, 6.45) is 1.63. The molecule has 100 valence electrons. The van der Waals surface area contributed by atoms with Crippen LogP contribution < -0.4 is 0 Å². The number of rotatable bonds is 2. The summed E-state index contributed by atoms with van der Waals surface area (Å²) < 4.78 is 5.11. The van der Waals surface area contributed by atoms with E-state index in [1.807, 2.05) is 18.7 Å². The number of carbonyl (C=O) groups is 1. The van der Waals surface area contributed by atoms with Gasteiger partial charge in [0, 0.05) is 18.7 Å². The van der Waals surface area contributed by atoms with Crippen molar-refractivity contribution in [3.63, 3.8) is 0 Å². The average Bonchev–Trinajstić information content (AvgIpc) is 2.59. The number of hydrogen-bond acceptors (Lipinski definition) is 3. The van der Waals surface area contributed by atoms with Gasteiger partial charge in [-0.05, 0) is 32.1 Å². The fourth-order valence-corrected chi connectivity index (χ4v) is 2.88. The maximum absolute atomic E-state index is 12.3. The first-order valence-corrected chi connectivity index (χ1v) is 6.67. The number of carbonyl (C=O) groups excluding carboxylic acids is 1. The van der Waals surface area contributed by atoms with E-state index in [2.05, 4.69) is 19.0 Å². The highest BCUT2D eigenvalue weighted by atomic mass is 16.5. The normalized spacial score (nSPS) is 24.3. The van der Waals surface area contributed by atoms with Crippen LogP contribution >= 0.6 is 0 Å². The molecule has 1 amide bonds. The molecule has 2 heterocycles. The summed E-state index contributed by atoms with van der Waals surface area (Å²) in [5.41, 5.74) is 1.78. The van der Waals surface area contributed by atoms with E-state index in [0.29, 0.717) is 18.3 Å². The van der Waals surface area contributed by atoms with Gasteiger partial charge in [-0.1, -0.05) is 19.0 Å². The molecule has 1 aliphatic rings. The summed E-state index contributed by atoms with van der Waals surface area (Å²) in [6.45, 7) is 9.95. The van der Waals surface area contributed by atoms with Gasteiger partial charge in [-0.25, -0.2) is 0 Å². The van der Waals surface area contributed by atoms with Crippen LogP contribution in [0.25, 0.3) is 0 Å². The third kappa shape index (κ3) is 2.74. The van der Waals surface area contributed by atoms with Gasteiger partial charge in [0.25, 0.3) is 0 Å². The van der Waals surface area contributed by atoms with E-state index in [-0.39, 0.29) is 5.91 Å². The quantitative estimate of drug-likeness (QED) is 0.809. The van der Waals surface area contributed by atoms with E-state index in [9.17, 15) is 4.79 Å². The van der Waals surface area contributed by atoms with E-state index in [0.717, 1.165) is 30.1 Å². The predicted molar refractivity (Wildman–Crippen MR) is 69.2 cm³/mol. The van der Waals surface area contributed by atoms with Crippen LogP contribution in [-0.2, 0) is 11.2 Å². The number of nitrogens with zero attached hydrogens (tertiary/aromatic N) is 2. The molecule has 1 fully saturated rings. The molecule has 0 aliphatic carbocycles. The molecule has 0 radical (unpaired) electrons. The van der Waals surface area contributed by atoms with E-state index in [1.54, 1.807) is 0 Å². The Bertz CT molecular complexity index is 410. The van der Waals surface area contributed by atoms with Gasteiger partial charge >= 0.3 is 0 Å². The predicted octanol–water partition coefficient (Wildman–Crippen LogP) is 2.34. The Morgan fingerprint density at radius 3 is 2.44 bits per heavy atom. The van der Waals surface area contributed by atoms with Crippen molar-refractivity contribution in [1.82, 2.24) is 10.1 Å². The van der Waals surface area contributed by atoms with Gasteiger partial charge in [-0.3, -0.25) is 4.79 Å². The Morgan fingerprint density at radius 2 is 1.94 bits per heavy atom. The molecule has 0 aromatic carbocycles. The van der Waals surface area contributed by atoms with E-state index in [4.69, 9.17) is 4.52 Å². The third-order valence-electron chi connectivity index (χ3n) is 3.73. The van der Waals surface area contributed by atoms with Crippen LogP contribution in [0.3, 0.4) is 0 Å². The van der Waals surface area contributed by atoms with Crippen LogP contribution in [0.15, 0.2) is 4.52 Å². The standard InChI is InChI=1S/C14H22N2O2/c1-9-5-10(2)8-16(7-9)14(17)6-13-11(3)15-18-12(13)4/h9-10H,5-8H2,1-4H3. The number of aromatic nitrogens is 1. The second-order valence-electron chi connectivity index (χ2n) is 5.72. The van der Waals surface area contributed by atoms with Crippen molar-refractivity contribution < 1.29 is 9.32 Å². The number of aryl methyl sites for hydroxylation is 2. The highest BCUT2D eigenvalue weighted by Crippen LogP contribution is 2.22. The molecule has 1 aromatic rings. The topological polar surface area (TPSA) is 46.3 Å². The Kier molecular flexibility index (Phi) is 3.73. The van der Waals surface area contributed by atoms with Crippen LogP contribution in [0, 0.1) is 25.7 Å². The highest BCUT2D eigenvalue weighted by molar-refractivity contribution is 5.79. The second-order valence-corrected chi connectivity index (χ2v) is 5.72. The van der Waals surface area contributed by atoms with Crippen LogP contribution in [-0.4, -0.2) is 29.1 Å². The summed E-state index contributed by atoms with van der Waals surface area (Å²) in [7, 11) is 0. The van der Waals surface area contributed by atoms with Gasteiger partial charge in [0.2, 0.25) is 5.91 Å². The number of amides is 1. The average molecular weight is 250 g/mol. The summed E-state index contributed by atoms with van der Waals surface area (Å²) in [5.74, 6) is 2.16. The Morgan fingerprint density at radius 1 is 1.33 bits per heavy atom. The molecule has 0 bridgehead atoms. The second kappa shape index (κ2) is 5.12. The fraction of sp³-hybridized carbons (Fsp3) is 0.714. The molecule has 0 saturated carbocycles. The van der Waals surface area contributed by atoms with Gasteiger partial charge in [0.05, 0.1) is 12.1 Å². The smallest absolute Gasteiger partial charge is 0.227 e. The molecule has 0 spiro atoms. The molecule has 2 rings (SSSR count). The highest BCUT2D eigenvalue weighted by Gasteiger charge is 2.26. The number of hydrogen-bond donors (Lipinski definition) is 0. The van der Waals surface area contributed by atoms with Crippen LogP contribution in [0.2, 0.25) is 0 Å². The van der Waals surface area contributed by atoms with Crippen molar-refractivity contribution in [2.24, 2.45) is 11.8 Å². The molecule has 2 unspecified atom stereocenters. The van der Waals surface area contributed by atoms with Gasteiger partial charge in [0.15, 0.2) is 0 Å². The summed E-state index contributed by atoms with van der Waals surface area (Å²) in [4.78, 5) is 14.3. The molecule has 4 nitrogen and oxygen atoms in total. The third-order valence-corrected chi connectivity index (χ3v) is 3.73. The minimum Gasteiger partial charge on any atom is -0.361 e. The maximum atomic E-state index is 12.3. The minimum absolute atomic E-state index is 0.197. The molecule has 18 heavy (non-hydrogen) atoms. The minimum atomic E-state index is 0.197. The van der Waals surface area contributed by atoms with Gasteiger partial charge < -0.3 is 9.42 Å². The van der Waals surface area contributed by atoms with Crippen LogP contribution in [0.1, 0.15) is 37.3 Å². The summed E-state index contributed by atoms with van der Waals surface area (Å²) in [5, 5.41) is 3.90. The van der Waals surface area contributed by atoms with Crippen molar-refractivity contribution in [1.29, 1.82) is 0 Å². The molecule has 1 aliphatic heterocycles. The lowest BCUT2D eigenvalue weighted by molar-refractivity contribution is -0.133. The van der Waals surface area contributed by atoms with Crippen molar-refractivity contribution in [3.8, 4) is 0 Å². The first kappa shape index (κ1) is 13.1. The molecular formula is C14H22N2O2.